The fraction of sp³-hybridized carbons (Fsp3) is 0.261. The zero-order valence-electron chi connectivity index (χ0n) is 17.6. The summed E-state index contributed by atoms with van der Waals surface area (Å²) >= 11 is 1.23. The van der Waals surface area contributed by atoms with Gasteiger partial charge in [-0.2, -0.15) is 0 Å². The molecule has 0 unspecified atom stereocenters. The standard InChI is InChI=1S/C23H26N4O3S/c1-16-7-6-10-20(17(16)2)26-22(30)15-31-23-25-12-19(14-28)27(23)13-21(29)24-11-18-8-4-3-5-9-18/h3-10,12,28H,11,13-15H2,1-2H3,(H,24,29)(H,26,30). The van der Waals surface area contributed by atoms with Crippen LogP contribution in [0.25, 0.3) is 0 Å². The lowest BCUT2D eigenvalue weighted by molar-refractivity contribution is -0.122. The predicted octanol–water partition coefficient (Wildman–Crippen LogP) is 3.04. The average molecular weight is 439 g/mol. The van der Waals surface area contributed by atoms with Crippen molar-refractivity contribution in [2.75, 3.05) is 11.1 Å². The highest BCUT2D eigenvalue weighted by atomic mass is 32.2. The van der Waals surface area contributed by atoms with Gasteiger partial charge in [0.1, 0.15) is 6.54 Å². The number of aliphatic hydroxyl groups is 1. The second-order valence-corrected chi connectivity index (χ2v) is 8.07. The summed E-state index contributed by atoms with van der Waals surface area (Å²) in [6, 6.07) is 15.4. The topological polar surface area (TPSA) is 96.2 Å². The van der Waals surface area contributed by atoms with Crippen molar-refractivity contribution in [3.63, 3.8) is 0 Å². The number of rotatable bonds is 9. The Balaban J connectivity index is 1.59. The molecule has 0 bridgehead atoms. The minimum atomic E-state index is -0.242. The van der Waals surface area contributed by atoms with Crippen LogP contribution in [0, 0.1) is 13.8 Å². The van der Waals surface area contributed by atoms with Crippen molar-refractivity contribution in [1.29, 1.82) is 0 Å². The van der Waals surface area contributed by atoms with Gasteiger partial charge >= 0.3 is 0 Å². The first-order chi connectivity index (χ1) is 15.0. The van der Waals surface area contributed by atoms with Crippen LogP contribution in [-0.4, -0.2) is 32.2 Å². The molecule has 0 aliphatic rings. The average Bonchev–Trinajstić information content (AvgIpc) is 3.16. The summed E-state index contributed by atoms with van der Waals surface area (Å²) in [7, 11) is 0. The van der Waals surface area contributed by atoms with Gasteiger partial charge in [-0.05, 0) is 36.6 Å². The zero-order chi connectivity index (χ0) is 22.2. The largest absolute Gasteiger partial charge is 0.390 e. The normalized spacial score (nSPS) is 10.7. The van der Waals surface area contributed by atoms with Crippen molar-refractivity contribution in [3.05, 3.63) is 77.1 Å². The minimum absolute atomic E-state index is 0.0175. The molecular formula is C23H26N4O3S. The molecule has 2 amide bonds. The Hall–Kier alpha value is -3.10. The molecule has 0 aliphatic heterocycles. The predicted molar refractivity (Wildman–Crippen MR) is 122 cm³/mol. The molecule has 1 heterocycles. The molecule has 0 saturated carbocycles. The lowest BCUT2D eigenvalue weighted by Crippen LogP contribution is -2.28. The van der Waals surface area contributed by atoms with E-state index in [1.54, 1.807) is 4.57 Å². The summed E-state index contributed by atoms with van der Waals surface area (Å²) in [5.41, 5.74) is 4.44. The molecule has 3 N–H and O–H groups in total. The van der Waals surface area contributed by atoms with Gasteiger partial charge in [0.25, 0.3) is 0 Å². The van der Waals surface area contributed by atoms with E-state index in [4.69, 9.17) is 0 Å². The van der Waals surface area contributed by atoms with Crippen LogP contribution in [0.2, 0.25) is 0 Å². The first kappa shape index (κ1) is 22.6. The smallest absolute Gasteiger partial charge is 0.240 e. The Morgan fingerprint density at radius 1 is 1.06 bits per heavy atom. The van der Waals surface area contributed by atoms with E-state index in [9.17, 15) is 14.7 Å². The maximum atomic E-state index is 12.4. The van der Waals surface area contributed by atoms with Crippen LogP contribution < -0.4 is 10.6 Å². The second kappa shape index (κ2) is 10.8. The number of hydrogen-bond donors (Lipinski definition) is 3. The van der Waals surface area contributed by atoms with Crippen LogP contribution in [0.1, 0.15) is 22.4 Å². The third-order valence-corrected chi connectivity index (χ3v) is 5.90. The number of aromatic nitrogens is 2. The lowest BCUT2D eigenvalue weighted by Gasteiger charge is -2.12. The van der Waals surface area contributed by atoms with Crippen LogP contribution in [0.3, 0.4) is 0 Å². The van der Waals surface area contributed by atoms with Crippen LogP contribution in [0.4, 0.5) is 5.69 Å². The van der Waals surface area contributed by atoms with Crippen LogP contribution >= 0.6 is 11.8 Å². The number of carbonyl (C=O) groups is 2. The number of nitrogens with zero attached hydrogens (tertiary/aromatic N) is 2. The van der Waals surface area contributed by atoms with Crippen molar-refractivity contribution in [2.45, 2.75) is 38.7 Å². The fourth-order valence-electron chi connectivity index (χ4n) is 3.00. The molecule has 0 aliphatic carbocycles. The third-order valence-electron chi connectivity index (χ3n) is 4.91. The summed E-state index contributed by atoms with van der Waals surface area (Å²) in [6.45, 7) is 4.16. The monoisotopic (exact) mass is 438 g/mol. The molecule has 2 aromatic carbocycles. The number of hydrogen-bond acceptors (Lipinski definition) is 5. The van der Waals surface area contributed by atoms with E-state index in [0.717, 1.165) is 22.4 Å². The number of thioether (sulfide) groups is 1. The number of benzene rings is 2. The van der Waals surface area contributed by atoms with Gasteiger partial charge in [0.2, 0.25) is 11.8 Å². The molecule has 162 valence electrons. The van der Waals surface area contributed by atoms with Gasteiger partial charge in [-0.1, -0.05) is 54.2 Å². The molecule has 1 aromatic heterocycles. The van der Waals surface area contributed by atoms with Gasteiger partial charge in [-0.25, -0.2) is 4.98 Å². The molecule has 0 fully saturated rings. The van der Waals surface area contributed by atoms with Crippen LogP contribution in [-0.2, 0) is 29.3 Å². The molecule has 7 nitrogen and oxygen atoms in total. The minimum Gasteiger partial charge on any atom is -0.390 e. The van der Waals surface area contributed by atoms with Gasteiger partial charge in [-0.15, -0.1) is 0 Å². The quantitative estimate of drug-likeness (QED) is 0.446. The number of aryl methyl sites for hydroxylation is 1. The van der Waals surface area contributed by atoms with Gasteiger partial charge < -0.3 is 20.3 Å². The van der Waals surface area contributed by atoms with Crippen molar-refractivity contribution < 1.29 is 14.7 Å². The number of aliphatic hydroxyl groups excluding tert-OH is 1. The van der Waals surface area contributed by atoms with E-state index in [0.29, 0.717) is 17.4 Å². The highest BCUT2D eigenvalue weighted by Gasteiger charge is 2.15. The van der Waals surface area contributed by atoms with E-state index >= 15 is 0 Å². The lowest BCUT2D eigenvalue weighted by atomic mass is 10.1. The zero-order valence-corrected chi connectivity index (χ0v) is 18.4. The van der Waals surface area contributed by atoms with Crippen molar-refractivity contribution in [3.8, 4) is 0 Å². The van der Waals surface area contributed by atoms with Crippen molar-refractivity contribution in [2.24, 2.45) is 0 Å². The van der Waals surface area contributed by atoms with E-state index in [1.807, 2.05) is 62.4 Å². The van der Waals surface area contributed by atoms with Crippen LogP contribution in [0.15, 0.2) is 59.9 Å². The third kappa shape index (κ3) is 6.19. The fourth-order valence-corrected chi connectivity index (χ4v) is 3.80. The molecule has 0 radical (unpaired) electrons. The Morgan fingerprint density at radius 2 is 1.84 bits per heavy atom. The molecular weight excluding hydrogens is 412 g/mol. The molecule has 0 atom stereocenters. The Bertz CT molecular complexity index is 1050. The Kier molecular flexibility index (Phi) is 7.86. The van der Waals surface area contributed by atoms with Gasteiger partial charge in [0.05, 0.1) is 24.3 Å². The van der Waals surface area contributed by atoms with Gasteiger partial charge in [0.15, 0.2) is 5.16 Å². The summed E-state index contributed by atoms with van der Waals surface area (Å²) in [6.07, 6.45) is 1.52. The summed E-state index contributed by atoms with van der Waals surface area (Å²) < 4.78 is 1.64. The van der Waals surface area contributed by atoms with Crippen LogP contribution in [0.5, 0.6) is 0 Å². The Morgan fingerprint density at radius 3 is 2.58 bits per heavy atom. The number of anilines is 1. The highest BCUT2D eigenvalue weighted by molar-refractivity contribution is 7.99. The maximum absolute atomic E-state index is 12.4. The maximum Gasteiger partial charge on any atom is 0.240 e. The molecule has 0 spiro atoms. The summed E-state index contributed by atoms with van der Waals surface area (Å²) in [5.74, 6) is -0.216. The molecule has 3 aromatic rings. The van der Waals surface area contributed by atoms with Gasteiger partial charge in [0, 0.05) is 12.2 Å². The number of imidazole rings is 1. The molecule has 8 heteroatoms. The highest BCUT2D eigenvalue weighted by Crippen LogP contribution is 2.21. The SMILES string of the molecule is Cc1cccc(NC(=O)CSc2ncc(CO)n2CC(=O)NCc2ccccc2)c1C. The van der Waals surface area contributed by atoms with E-state index < -0.39 is 0 Å². The van der Waals surface area contributed by atoms with E-state index in [1.165, 1.54) is 18.0 Å². The van der Waals surface area contributed by atoms with Crippen molar-refractivity contribution in [1.82, 2.24) is 14.9 Å². The number of carbonyl (C=O) groups excluding carboxylic acids is 2. The van der Waals surface area contributed by atoms with E-state index in [-0.39, 0.29) is 30.7 Å². The molecule has 3 rings (SSSR count). The first-order valence-electron chi connectivity index (χ1n) is 9.92. The Labute approximate surface area is 185 Å². The molecule has 0 saturated heterocycles. The number of amides is 2. The summed E-state index contributed by atoms with van der Waals surface area (Å²) in [5, 5.41) is 15.9. The summed E-state index contributed by atoms with van der Waals surface area (Å²) in [4.78, 5) is 29.1. The second-order valence-electron chi connectivity index (χ2n) is 7.12. The van der Waals surface area contributed by atoms with E-state index in [2.05, 4.69) is 15.6 Å². The first-order valence-corrected chi connectivity index (χ1v) is 10.9. The van der Waals surface area contributed by atoms with Gasteiger partial charge in [-0.3, -0.25) is 9.59 Å². The van der Waals surface area contributed by atoms with Crippen molar-refractivity contribution >= 4 is 29.3 Å². The molecule has 31 heavy (non-hydrogen) atoms. The number of nitrogens with one attached hydrogen (secondary N) is 2.